The Morgan fingerprint density at radius 3 is 2.54 bits per heavy atom. The van der Waals surface area contributed by atoms with Crippen molar-refractivity contribution >= 4 is 11.7 Å². The first-order valence-corrected chi connectivity index (χ1v) is 8.10. The van der Waals surface area contributed by atoms with E-state index in [9.17, 15) is 18.0 Å². The molecule has 1 aliphatic rings. The van der Waals surface area contributed by atoms with E-state index >= 15 is 0 Å². The van der Waals surface area contributed by atoms with Crippen LogP contribution in [-0.4, -0.2) is 17.5 Å². The Morgan fingerprint density at radius 2 is 1.88 bits per heavy atom. The van der Waals surface area contributed by atoms with E-state index in [0.717, 1.165) is 23.3 Å². The highest BCUT2D eigenvalue weighted by molar-refractivity contribution is 5.89. The number of carbonyl (C=O) groups is 1. The molecule has 0 bridgehead atoms. The predicted octanol–water partition coefficient (Wildman–Crippen LogP) is 4.75. The van der Waals surface area contributed by atoms with Crippen molar-refractivity contribution in [3.63, 3.8) is 0 Å². The van der Waals surface area contributed by atoms with Crippen LogP contribution in [0.15, 0.2) is 48.5 Å². The van der Waals surface area contributed by atoms with E-state index in [4.69, 9.17) is 5.26 Å². The first-order chi connectivity index (χ1) is 12.4. The van der Waals surface area contributed by atoms with Crippen molar-refractivity contribution in [1.82, 2.24) is 4.90 Å². The molecule has 0 spiro atoms. The summed E-state index contributed by atoms with van der Waals surface area (Å²) in [6.45, 7) is 0.440. The van der Waals surface area contributed by atoms with Crippen molar-refractivity contribution in [1.29, 1.82) is 5.26 Å². The lowest BCUT2D eigenvalue weighted by atomic mass is 9.91. The lowest BCUT2D eigenvalue weighted by molar-refractivity contribution is -0.137. The van der Waals surface area contributed by atoms with Gasteiger partial charge in [-0.1, -0.05) is 24.3 Å². The Labute approximate surface area is 148 Å². The van der Waals surface area contributed by atoms with Crippen LogP contribution in [-0.2, 0) is 12.6 Å². The van der Waals surface area contributed by atoms with E-state index in [0.29, 0.717) is 13.0 Å². The molecule has 1 heterocycles. The monoisotopic (exact) mass is 359 g/mol. The number of urea groups is 1. The molecule has 0 saturated heterocycles. The van der Waals surface area contributed by atoms with Crippen molar-refractivity contribution in [3.8, 4) is 6.07 Å². The molecular weight excluding hydrogens is 343 g/mol. The van der Waals surface area contributed by atoms with Gasteiger partial charge in [-0.3, -0.25) is 0 Å². The zero-order chi connectivity index (χ0) is 18.7. The van der Waals surface area contributed by atoms with Gasteiger partial charge >= 0.3 is 12.2 Å². The number of rotatable bonds is 2. The number of hydrogen-bond donors (Lipinski definition) is 1. The molecule has 0 unspecified atom stereocenters. The number of benzene rings is 2. The smallest absolute Gasteiger partial charge is 0.316 e. The van der Waals surface area contributed by atoms with Crippen molar-refractivity contribution in [2.24, 2.45) is 0 Å². The highest BCUT2D eigenvalue weighted by Gasteiger charge is 2.32. The van der Waals surface area contributed by atoms with Gasteiger partial charge in [-0.05, 0) is 41.8 Å². The van der Waals surface area contributed by atoms with Crippen molar-refractivity contribution < 1.29 is 18.0 Å². The Kier molecular flexibility index (Phi) is 4.85. The number of amides is 2. The van der Waals surface area contributed by atoms with E-state index in [-0.39, 0.29) is 18.2 Å². The zero-order valence-corrected chi connectivity index (χ0v) is 13.8. The van der Waals surface area contributed by atoms with Gasteiger partial charge in [-0.25, -0.2) is 4.79 Å². The fourth-order valence-corrected chi connectivity index (χ4v) is 3.14. The van der Waals surface area contributed by atoms with Crippen molar-refractivity contribution in [2.45, 2.75) is 25.1 Å². The first kappa shape index (κ1) is 17.8. The average Bonchev–Trinajstić information content (AvgIpc) is 2.62. The molecule has 134 valence electrons. The summed E-state index contributed by atoms with van der Waals surface area (Å²) in [5, 5.41) is 11.7. The highest BCUT2D eigenvalue weighted by Crippen LogP contribution is 2.33. The molecule has 7 heteroatoms. The average molecular weight is 359 g/mol. The molecule has 0 aliphatic carbocycles. The molecule has 1 N–H and O–H groups in total. The summed E-state index contributed by atoms with van der Waals surface area (Å²) < 4.78 is 37.9. The van der Waals surface area contributed by atoms with E-state index in [2.05, 4.69) is 11.4 Å². The van der Waals surface area contributed by atoms with E-state index in [1.54, 1.807) is 4.90 Å². The maximum absolute atomic E-state index is 12.6. The molecule has 0 saturated carbocycles. The molecule has 4 nitrogen and oxygen atoms in total. The highest BCUT2D eigenvalue weighted by atomic mass is 19.4. The van der Waals surface area contributed by atoms with Crippen molar-refractivity contribution in [2.75, 3.05) is 11.9 Å². The fraction of sp³-hybridized carbons (Fsp3) is 0.263. The molecule has 1 aliphatic heterocycles. The molecule has 2 aromatic carbocycles. The number of nitriles is 1. The SMILES string of the molecule is N#CC[C@@H]1c2ccccc2CCN1C(=O)Nc1ccc(C(F)(F)F)cc1. The van der Waals surface area contributed by atoms with Gasteiger partial charge in [-0.15, -0.1) is 0 Å². The largest absolute Gasteiger partial charge is 0.416 e. The van der Waals surface area contributed by atoms with Gasteiger partial charge in [0.2, 0.25) is 0 Å². The second kappa shape index (κ2) is 7.08. The standard InChI is InChI=1S/C19H16F3N3O/c20-19(21,22)14-5-7-15(8-6-14)24-18(26)25-12-10-13-3-1-2-4-16(13)17(25)9-11-23/h1-8,17H,9-10,12H2,(H,24,26)/t17-/m1/s1. The van der Waals surface area contributed by atoms with Crippen LogP contribution in [0.5, 0.6) is 0 Å². The Morgan fingerprint density at radius 1 is 1.19 bits per heavy atom. The number of nitrogens with one attached hydrogen (secondary N) is 1. The number of nitrogens with zero attached hydrogens (tertiary/aromatic N) is 2. The van der Waals surface area contributed by atoms with Gasteiger partial charge in [0.1, 0.15) is 0 Å². The maximum Gasteiger partial charge on any atom is 0.416 e. The summed E-state index contributed by atoms with van der Waals surface area (Å²) in [4.78, 5) is 14.2. The minimum absolute atomic E-state index is 0.150. The summed E-state index contributed by atoms with van der Waals surface area (Å²) >= 11 is 0. The zero-order valence-electron chi connectivity index (χ0n) is 13.8. The van der Waals surface area contributed by atoms with E-state index in [1.807, 2.05) is 24.3 Å². The van der Waals surface area contributed by atoms with Crippen LogP contribution in [0.2, 0.25) is 0 Å². The van der Waals surface area contributed by atoms with Gasteiger partial charge in [0, 0.05) is 12.2 Å². The molecule has 2 aromatic rings. The molecule has 2 amide bonds. The first-order valence-electron chi connectivity index (χ1n) is 8.10. The van der Waals surface area contributed by atoms with Gasteiger partial charge in [0.15, 0.2) is 0 Å². The van der Waals surface area contributed by atoms with Crippen LogP contribution < -0.4 is 5.32 Å². The Hall–Kier alpha value is -3.01. The summed E-state index contributed by atoms with van der Waals surface area (Å²) in [5.74, 6) is 0. The Bertz CT molecular complexity index is 840. The summed E-state index contributed by atoms with van der Waals surface area (Å²) in [7, 11) is 0. The minimum Gasteiger partial charge on any atom is -0.316 e. The topological polar surface area (TPSA) is 56.1 Å². The molecule has 0 aromatic heterocycles. The van der Waals surface area contributed by atoms with Crippen molar-refractivity contribution in [3.05, 3.63) is 65.2 Å². The minimum atomic E-state index is -4.42. The lowest BCUT2D eigenvalue weighted by Crippen LogP contribution is -2.42. The summed E-state index contributed by atoms with van der Waals surface area (Å²) in [6, 6.07) is 13.2. The van der Waals surface area contributed by atoms with Crippen LogP contribution in [0.3, 0.4) is 0 Å². The third-order valence-corrected chi connectivity index (χ3v) is 4.42. The number of fused-ring (bicyclic) bond motifs is 1. The molecule has 0 radical (unpaired) electrons. The number of carbonyl (C=O) groups excluding carboxylic acids is 1. The van der Waals surface area contributed by atoms with Crippen LogP contribution in [0.1, 0.15) is 29.2 Å². The second-order valence-electron chi connectivity index (χ2n) is 6.03. The third kappa shape index (κ3) is 3.64. The lowest BCUT2D eigenvalue weighted by Gasteiger charge is -2.36. The Balaban J connectivity index is 1.78. The normalized spacial score (nSPS) is 16.5. The van der Waals surface area contributed by atoms with Gasteiger partial charge in [0.05, 0.1) is 24.1 Å². The van der Waals surface area contributed by atoms with Crippen LogP contribution in [0, 0.1) is 11.3 Å². The van der Waals surface area contributed by atoms with Gasteiger partial charge in [-0.2, -0.15) is 18.4 Å². The molecular formula is C19H16F3N3O. The quantitative estimate of drug-likeness (QED) is 0.841. The van der Waals surface area contributed by atoms with Gasteiger partial charge < -0.3 is 10.2 Å². The van der Waals surface area contributed by atoms with Gasteiger partial charge in [0.25, 0.3) is 0 Å². The maximum atomic E-state index is 12.6. The molecule has 26 heavy (non-hydrogen) atoms. The number of halogens is 3. The van der Waals surface area contributed by atoms with Crippen LogP contribution in [0.4, 0.5) is 23.7 Å². The second-order valence-corrected chi connectivity index (χ2v) is 6.03. The summed E-state index contributed by atoms with van der Waals surface area (Å²) in [5.41, 5.74) is 1.54. The predicted molar refractivity (Wildman–Crippen MR) is 90.3 cm³/mol. The van der Waals surface area contributed by atoms with Crippen LogP contribution in [0.25, 0.3) is 0 Å². The fourth-order valence-electron chi connectivity index (χ4n) is 3.14. The molecule has 0 fully saturated rings. The molecule has 1 atom stereocenters. The van der Waals surface area contributed by atoms with E-state index < -0.39 is 17.8 Å². The number of anilines is 1. The number of hydrogen-bond acceptors (Lipinski definition) is 2. The molecule has 3 rings (SSSR count). The third-order valence-electron chi connectivity index (χ3n) is 4.42. The van der Waals surface area contributed by atoms with E-state index in [1.165, 1.54) is 12.1 Å². The summed E-state index contributed by atoms with van der Waals surface area (Å²) in [6.07, 6.45) is -3.60. The number of alkyl halides is 3. The van der Waals surface area contributed by atoms with Crippen LogP contribution >= 0.6 is 0 Å².